The number of nitrogens with one attached hydrogen (secondary N) is 2. The number of oxazole rings is 1. The Hall–Kier alpha value is -2.35. The lowest BCUT2D eigenvalue weighted by Gasteiger charge is -2.29. The topological polar surface area (TPSA) is 92.5 Å². The van der Waals surface area contributed by atoms with Gasteiger partial charge in [-0.25, -0.2) is 15.0 Å². The molecule has 7 nitrogen and oxygen atoms in total. The summed E-state index contributed by atoms with van der Waals surface area (Å²) in [5.41, 5.74) is 4.61. The molecule has 2 N–H and O–H groups in total. The number of thioether (sulfide) groups is 1. The molecule has 0 bridgehead atoms. The van der Waals surface area contributed by atoms with Crippen molar-refractivity contribution >= 4 is 17.6 Å². The van der Waals surface area contributed by atoms with Crippen molar-refractivity contribution in [2.45, 2.75) is 44.8 Å². The van der Waals surface area contributed by atoms with Crippen molar-refractivity contribution in [1.29, 1.82) is 0 Å². The molecule has 0 saturated heterocycles. The normalized spacial score (nSPS) is 15.7. The van der Waals surface area contributed by atoms with Crippen LogP contribution in [-0.4, -0.2) is 31.4 Å². The van der Waals surface area contributed by atoms with Gasteiger partial charge < -0.3 is 9.73 Å². The highest BCUT2D eigenvalue weighted by Crippen LogP contribution is 2.37. The quantitative estimate of drug-likeness (QED) is 0.522. The predicted octanol–water partition coefficient (Wildman–Crippen LogP) is 3.70. The van der Waals surface area contributed by atoms with E-state index < -0.39 is 0 Å². The van der Waals surface area contributed by atoms with Gasteiger partial charge in [-0.15, -0.1) is 0 Å². The van der Waals surface area contributed by atoms with E-state index in [1.165, 1.54) is 23.0 Å². The highest BCUT2D eigenvalue weighted by molar-refractivity contribution is 7.98. The Kier molecular flexibility index (Phi) is 4.44. The zero-order valence-corrected chi connectivity index (χ0v) is 16.0. The minimum atomic E-state index is 0.315. The lowest BCUT2D eigenvalue weighted by molar-refractivity contribution is 0.312. The molecule has 26 heavy (non-hydrogen) atoms. The number of fused-ring (bicyclic) bond motifs is 1. The number of aromatic amines is 1. The van der Waals surface area contributed by atoms with Gasteiger partial charge in [0, 0.05) is 17.3 Å². The van der Waals surface area contributed by atoms with Crippen molar-refractivity contribution in [3.63, 3.8) is 0 Å². The summed E-state index contributed by atoms with van der Waals surface area (Å²) >= 11 is 1.52. The minimum absolute atomic E-state index is 0.315. The van der Waals surface area contributed by atoms with Crippen molar-refractivity contribution < 1.29 is 4.42 Å². The Labute approximate surface area is 156 Å². The van der Waals surface area contributed by atoms with Gasteiger partial charge in [0.2, 0.25) is 5.89 Å². The molecule has 1 aliphatic rings. The Balaban J connectivity index is 1.64. The molecule has 0 atom stereocenters. The van der Waals surface area contributed by atoms with Crippen molar-refractivity contribution in [3.05, 3.63) is 35.7 Å². The predicted molar refractivity (Wildman–Crippen MR) is 101 cm³/mol. The molecule has 0 unspecified atom stereocenters. The molecule has 0 fully saturated rings. The second kappa shape index (κ2) is 6.75. The van der Waals surface area contributed by atoms with E-state index in [1.807, 2.05) is 12.3 Å². The second-order valence-electron chi connectivity index (χ2n) is 7.27. The Bertz CT molecular complexity index is 903. The number of aromatic nitrogens is 5. The second-order valence-corrected chi connectivity index (χ2v) is 8.05. The smallest absolute Gasteiger partial charge is 0.213 e. The average Bonchev–Trinajstić information content (AvgIpc) is 3.28. The maximum atomic E-state index is 5.27. The van der Waals surface area contributed by atoms with Crippen LogP contribution in [0.4, 0.5) is 5.82 Å². The van der Waals surface area contributed by atoms with E-state index in [1.54, 1.807) is 12.5 Å². The van der Waals surface area contributed by atoms with E-state index in [0.717, 1.165) is 36.5 Å². The molecule has 0 amide bonds. The maximum absolute atomic E-state index is 5.27. The van der Waals surface area contributed by atoms with Gasteiger partial charge in [-0.1, -0.05) is 25.6 Å². The third kappa shape index (κ3) is 3.46. The van der Waals surface area contributed by atoms with Crippen LogP contribution in [0.2, 0.25) is 0 Å². The molecule has 4 rings (SSSR count). The van der Waals surface area contributed by atoms with E-state index in [2.05, 4.69) is 44.3 Å². The first-order chi connectivity index (χ1) is 12.5. The third-order valence-corrected chi connectivity index (χ3v) is 5.24. The standard InChI is InChI=1S/C18H22N6OS/c1-18(2)5-4-11-13(9-18)23-24-16(11)12-8-14(22-17(21-12)26-3)20-10-15-19-6-7-25-15/h6-8H,4-5,9-10H2,1-3H3,(H,23,24)(H,20,21,22). The first-order valence-corrected chi connectivity index (χ1v) is 9.88. The molecule has 0 spiro atoms. The molecule has 3 aromatic rings. The summed E-state index contributed by atoms with van der Waals surface area (Å²) in [6.07, 6.45) is 8.36. The van der Waals surface area contributed by atoms with Crippen LogP contribution in [0.3, 0.4) is 0 Å². The number of nitrogens with zero attached hydrogens (tertiary/aromatic N) is 4. The van der Waals surface area contributed by atoms with Crippen LogP contribution in [0, 0.1) is 5.41 Å². The van der Waals surface area contributed by atoms with Crippen molar-refractivity contribution in [2.75, 3.05) is 11.6 Å². The molecule has 0 aliphatic heterocycles. The first-order valence-electron chi connectivity index (χ1n) is 8.66. The fourth-order valence-electron chi connectivity index (χ4n) is 3.29. The third-order valence-electron chi connectivity index (χ3n) is 4.69. The fourth-order valence-corrected chi connectivity index (χ4v) is 3.67. The summed E-state index contributed by atoms with van der Waals surface area (Å²) in [5.74, 6) is 1.36. The van der Waals surface area contributed by atoms with Crippen LogP contribution < -0.4 is 5.32 Å². The number of rotatable bonds is 5. The van der Waals surface area contributed by atoms with E-state index in [4.69, 9.17) is 4.42 Å². The highest BCUT2D eigenvalue weighted by Gasteiger charge is 2.29. The van der Waals surface area contributed by atoms with Gasteiger partial charge in [0.15, 0.2) is 5.16 Å². The van der Waals surface area contributed by atoms with Crippen LogP contribution >= 0.6 is 11.8 Å². The Morgan fingerprint density at radius 3 is 3.00 bits per heavy atom. The van der Waals surface area contributed by atoms with E-state index in [9.17, 15) is 0 Å². The zero-order chi connectivity index (χ0) is 18.1. The van der Waals surface area contributed by atoms with Crippen molar-refractivity contribution in [1.82, 2.24) is 25.1 Å². The van der Waals surface area contributed by atoms with E-state index >= 15 is 0 Å². The summed E-state index contributed by atoms with van der Waals surface area (Å²) < 4.78 is 5.27. The van der Waals surface area contributed by atoms with Crippen molar-refractivity contribution in [3.8, 4) is 11.4 Å². The number of H-pyrrole nitrogens is 1. The van der Waals surface area contributed by atoms with Gasteiger partial charge in [-0.05, 0) is 30.9 Å². The summed E-state index contributed by atoms with van der Waals surface area (Å²) in [6, 6.07) is 1.94. The summed E-state index contributed by atoms with van der Waals surface area (Å²) in [5, 5.41) is 11.8. The Morgan fingerprint density at radius 1 is 1.35 bits per heavy atom. The van der Waals surface area contributed by atoms with Gasteiger partial charge in [-0.2, -0.15) is 5.10 Å². The summed E-state index contributed by atoms with van der Waals surface area (Å²) in [6.45, 7) is 5.08. The van der Waals surface area contributed by atoms with Crippen molar-refractivity contribution in [2.24, 2.45) is 5.41 Å². The molecule has 3 heterocycles. The van der Waals surface area contributed by atoms with E-state index in [-0.39, 0.29) is 0 Å². The molecule has 3 aromatic heterocycles. The minimum Gasteiger partial charge on any atom is -0.447 e. The van der Waals surface area contributed by atoms with Crippen LogP contribution in [0.25, 0.3) is 11.4 Å². The van der Waals surface area contributed by atoms with E-state index in [0.29, 0.717) is 23.0 Å². The SMILES string of the molecule is CSc1nc(NCc2ncco2)cc(-c2n[nH]c3c2CCC(C)(C)C3)n1. The lowest BCUT2D eigenvalue weighted by atomic mass is 9.76. The van der Waals surface area contributed by atoms with Gasteiger partial charge in [0.1, 0.15) is 17.8 Å². The molecule has 1 aliphatic carbocycles. The van der Waals surface area contributed by atoms with Crippen LogP contribution in [0.5, 0.6) is 0 Å². The number of hydrogen-bond donors (Lipinski definition) is 2. The fraction of sp³-hybridized carbons (Fsp3) is 0.444. The first kappa shape index (κ1) is 17.1. The van der Waals surface area contributed by atoms with Crippen LogP contribution in [0.15, 0.2) is 28.1 Å². The molecule has 0 aromatic carbocycles. The van der Waals surface area contributed by atoms with Gasteiger partial charge in [-0.3, -0.25) is 5.10 Å². The number of hydrogen-bond acceptors (Lipinski definition) is 7. The molecule has 0 saturated carbocycles. The monoisotopic (exact) mass is 370 g/mol. The molecular formula is C18H22N6OS. The molecular weight excluding hydrogens is 348 g/mol. The summed E-state index contributed by atoms with van der Waals surface area (Å²) in [7, 11) is 0. The van der Waals surface area contributed by atoms with Gasteiger partial charge in [0.05, 0.1) is 18.4 Å². The Morgan fingerprint density at radius 2 is 2.23 bits per heavy atom. The van der Waals surface area contributed by atoms with Crippen LogP contribution in [-0.2, 0) is 19.4 Å². The average molecular weight is 370 g/mol. The largest absolute Gasteiger partial charge is 0.447 e. The highest BCUT2D eigenvalue weighted by atomic mass is 32.2. The summed E-state index contributed by atoms with van der Waals surface area (Å²) in [4.78, 5) is 13.3. The van der Waals surface area contributed by atoms with Gasteiger partial charge in [0.25, 0.3) is 0 Å². The molecule has 136 valence electrons. The zero-order valence-electron chi connectivity index (χ0n) is 15.2. The number of anilines is 1. The van der Waals surface area contributed by atoms with Crippen LogP contribution in [0.1, 0.15) is 37.4 Å². The maximum Gasteiger partial charge on any atom is 0.213 e. The lowest BCUT2D eigenvalue weighted by Crippen LogP contribution is -2.22. The van der Waals surface area contributed by atoms with Gasteiger partial charge >= 0.3 is 0 Å². The molecule has 0 radical (unpaired) electrons. The molecule has 8 heteroatoms.